The van der Waals surface area contributed by atoms with Gasteiger partial charge in [0.15, 0.2) is 6.10 Å². The van der Waals surface area contributed by atoms with Crippen molar-refractivity contribution in [3.8, 4) is 0 Å². The van der Waals surface area contributed by atoms with E-state index in [1.807, 2.05) is 24.3 Å². The Balaban J connectivity index is 1.89. The predicted molar refractivity (Wildman–Crippen MR) is 88.5 cm³/mol. The van der Waals surface area contributed by atoms with Crippen LogP contribution in [0, 0.1) is 0 Å². The Morgan fingerprint density at radius 1 is 1.26 bits per heavy atom. The number of hydrogen-bond donors (Lipinski definition) is 1. The topological polar surface area (TPSA) is 67.9 Å². The van der Waals surface area contributed by atoms with E-state index in [2.05, 4.69) is 10.2 Å². The fraction of sp³-hybridized carbons (Fsp3) is 0.412. The zero-order chi connectivity index (χ0) is 16.7. The summed E-state index contributed by atoms with van der Waals surface area (Å²) in [4.78, 5) is 25.6. The summed E-state index contributed by atoms with van der Waals surface area (Å²) >= 11 is 0. The molecule has 0 radical (unpaired) electrons. The third-order valence-corrected chi connectivity index (χ3v) is 3.48. The van der Waals surface area contributed by atoms with Gasteiger partial charge in [-0.05, 0) is 38.1 Å². The summed E-state index contributed by atoms with van der Waals surface area (Å²) in [6.07, 6.45) is 2.00. The summed E-state index contributed by atoms with van der Waals surface area (Å²) in [6, 6.07) is 7.58. The van der Waals surface area contributed by atoms with Crippen LogP contribution in [0.2, 0.25) is 0 Å². The van der Waals surface area contributed by atoms with E-state index in [1.54, 1.807) is 19.9 Å². The number of carbonyl (C=O) groups is 2. The molecular formula is C17H22N2O4. The SMILES string of the molecule is CC=CC(=O)OC(C)C(=O)Nc1ccc(N2CCOCC2)cc1. The zero-order valence-corrected chi connectivity index (χ0v) is 13.5. The van der Waals surface area contributed by atoms with E-state index in [1.165, 1.54) is 6.08 Å². The monoisotopic (exact) mass is 318 g/mol. The standard InChI is InChI=1S/C17H22N2O4/c1-3-4-16(20)23-13(2)17(21)18-14-5-7-15(8-6-14)19-9-11-22-12-10-19/h3-8,13H,9-12H2,1-2H3,(H,18,21). The molecule has 6 heteroatoms. The molecule has 1 aromatic carbocycles. The average Bonchev–Trinajstić information content (AvgIpc) is 2.56. The smallest absolute Gasteiger partial charge is 0.331 e. The van der Waals surface area contributed by atoms with Crippen molar-refractivity contribution in [2.24, 2.45) is 0 Å². The second-order valence-electron chi connectivity index (χ2n) is 5.21. The largest absolute Gasteiger partial charge is 0.449 e. The summed E-state index contributed by atoms with van der Waals surface area (Å²) in [5, 5.41) is 2.74. The van der Waals surface area contributed by atoms with Crippen LogP contribution in [0.5, 0.6) is 0 Å². The number of anilines is 2. The van der Waals surface area contributed by atoms with Gasteiger partial charge in [-0.25, -0.2) is 4.79 Å². The molecule has 0 bridgehead atoms. The van der Waals surface area contributed by atoms with Crippen molar-refractivity contribution in [1.29, 1.82) is 0 Å². The molecule has 1 aromatic rings. The Morgan fingerprint density at radius 2 is 1.91 bits per heavy atom. The van der Waals surface area contributed by atoms with E-state index < -0.39 is 12.1 Å². The van der Waals surface area contributed by atoms with Gasteiger partial charge in [0.2, 0.25) is 0 Å². The predicted octanol–water partition coefficient (Wildman–Crippen LogP) is 1.97. The van der Waals surface area contributed by atoms with Gasteiger partial charge in [0, 0.05) is 30.5 Å². The van der Waals surface area contributed by atoms with Crippen LogP contribution in [0.15, 0.2) is 36.4 Å². The first-order valence-corrected chi connectivity index (χ1v) is 7.67. The molecule has 1 aliphatic rings. The summed E-state index contributed by atoms with van der Waals surface area (Å²) in [5.74, 6) is -0.889. The number of amides is 1. The Hall–Kier alpha value is -2.34. The molecular weight excluding hydrogens is 296 g/mol. The normalized spacial score (nSPS) is 16.2. The molecule has 1 atom stereocenters. The van der Waals surface area contributed by atoms with Crippen molar-refractivity contribution in [2.75, 3.05) is 36.5 Å². The number of nitrogens with one attached hydrogen (secondary N) is 1. The Bertz CT molecular complexity index is 562. The number of allylic oxidation sites excluding steroid dienone is 1. The van der Waals surface area contributed by atoms with E-state index in [4.69, 9.17) is 9.47 Å². The summed E-state index contributed by atoms with van der Waals surface area (Å²) in [7, 11) is 0. The van der Waals surface area contributed by atoms with Gasteiger partial charge in [-0.2, -0.15) is 0 Å². The summed E-state index contributed by atoms with van der Waals surface area (Å²) in [6.45, 7) is 6.44. The molecule has 1 heterocycles. The van der Waals surface area contributed by atoms with Crippen LogP contribution in [0.1, 0.15) is 13.8 Å². The first kappa shape index (κ1) is 17.0. The highest BCUT2D eigenvalue weighted by atomic mass is 16.5. The van der Waals surface area contributed by atoms with E-state index >= 15 is 0 Å². The highest BCUT2D eigenvalue weighted by Crippen LogP contribution is 2.19. The second kappa shape index (κ2) is 8.33. The number of esters is 1. The summed E-state index contributed by atoms with van der Waals surface area (Å²) in [5.41, 5.74) is 1.76. The van der Waals surface area contributed by atoms with Gasteiger partial charge < -0.3 is 19.7 Å². The lowest BCUT2D eigenvalue weighted by Gasteiger charge is -2.28. The maximum absolute atomic E-state index is 12.0. The minimum absolute atomic E-state index is 0.359. The van der Waals surface area contributed by atoms with Crippen molar-refractivity contribution in [3.63, 3.8) is 0 Å². The van der Waals surface area contributed by atoms with Crippen molar-refractivity contribution < 1.29 is 19.1 Å². The Morgan fingerprint density at radius 3 is 2.52 bits per heavy atom. The first-order valence-electron chi connectivity index (χ1n) is 7.67. The van der Waals surface area contributed by atoms with Crippen molar-refractivity contribution in [3.05, 3.63) is 36.4 Å². The number of hydrogen-bond acceptors (Lipinski definition) is 5. The molecule has 23 heavy (non-hydrogen) atoms. The molecule has 0 spiro atoms. The quantitative estimate of drug-likeness (QED) is 0.664. The average molecular weight is 318 g/mol. The van der Waals surface area contributed by atoms with Crippen LogP contribution in [-0.2, 0) is 19.1 Å². The minimum Gasteiger partial charge on any atom is -0.449 e. The maximum Gasteiger partial charge on any atom is 0.331 e. The number of benzene rings is 1. The van der Waals surface area contributed by atoms with Gasteiger partial charge in [-0.1, -0.05) is 6.08 Å². The van der Waals surface area contributed by atoms with Gasteiger partial charge >= 0.3 is 5.97 Å². The second-order valence-corrected chi connectivity index (χ2v) is 5.21. The number of carbonyl (C=O) groups excluding carboxylic acids is 2. The molecule has 0 saturated carbocycles. The fourth-order valence-electron chi connectivity index (χ4n) is 2.22. The van der Waals surface area contributed by atoms with Gasteiger partial charge in [0.05, 0.1) is 13.2 Å². The van der Waals surface area contributed by atoms with Crippen molar-refractivity contribution in [2.45, 2.75) is 20.0 Å². The van der Waals surface area contributed by atoms with E-state index in [-0.39, 0.29) is 5.91 Å². The summed E-state index contributed by atoms with van der Waals surface area (Å²) < 4.78 is 10.3. The lowest BCUT2D eigenvalue weighted by molar-refractivity contribution is -0.148. The Labute approximate surface area is 136 Å². The highest BCUT2D eigenvalue weighted by Gasteiger charge is 2.17. The van der Waals surface area contributed by atoms with E-state index in [9.17, 15) is 9.59 Å². The van der Waals surface area contributed by atoms with Crippen LogP contribution in [-0.4, -0.2) is 44.3 Å². The van der Waals surface area contributed by atoms with Crippen LogP contribution < -0.4 is 10.2 Å². The third-order valence-electron chi connectivity index (χ3n) is 3.48. The Kier molecular flexibility index (Phi) is 6.17. The molecule has 1 saturated heterocycles. The molecule has 1 fully saturated rings. The van der Waals surface area contributed by atoms with Crippen molar-refractivity contribution >= 4 is 23.3 Å². The number of rotatable bonds is 5. The number of ether oxygens (including phenoxy) is 2. The van der Waals surface area contributed by atoms with Crippen LogP contribution >= 0.6 is 0 Å². The molecule has 124 valence electrons. The minimum atomic E-state index is -0.849. The molecule has 1 unspecified atom stereocenters. The van der Waals surface area contributed by atoms with E-state index in [0.29, 0.717) is 5.69 Å². The van der Waals surface area contributed by atoms with Gasteiger partial charge in [0.1, 0.15) is 0 Å². The molecule has 1 N–H and O–H groups in total. The lowest BCUT2D eigenvalue weighted by atomic mass is 10.2. The maximum atomic E-state index is 12.0. The van der Waals surface area contributed by atoms with E-state index in [0.717, 1.165) is 32.0 Å². The van der Waals surface area contributed by atoms with Gasteiger partial charge in [-0.15, -0.1) is 0 Å². The first-order chi connectivity index (χ1) is 11.1. The molecule has 6 nitrogen and oxygen atoms in total. The van der Waals surface area contributed by atoms with Crippen LogP contribution in [0.25, 0.3) is 0 Å². The molecule has 0 aromatic heterocycles. The van der Waals surface area contributed by atoms with Crippen LogP contribution in [0.4, 0.5) is 11.4 Å². The third kappa shape index (κ3) is 5.10. The van der Waals surface area contributed by atoms with Gasteiger partial charge in [-0.3, -0.25) is 4.79 Å². The zero-order valence-electron chi connectivity index (χ0n) is 13.5. The highest BCUT2D eigenvalue weighted by molar-refractivity contribution is 5.96. The number of nitrogens with zero attached hydrogens (tertiary/aromatic N) is 1. The van der Waals surface area contributed by atoms with Crippen LogP contribution in [0.3, 0.4) is 0 Å². The molecule has 1 amide bonds. The molecule has 2 rings (SSSR count). The molecule has 1 aliphatic heterocycles. The molecule has 0 aliphatic carbocycles. The van der Waals surface area contributed by atoms with Crippen molar-refractivity contribution in [1.82, 2.24) is 0 Å². The fourth-order valence-corrected chi connectivity index (χ4v) is 2.22. The van der Waals surface area contributed by atoms with Gasteiger partial charge in [0.25, 0.3) is 5.91 Å². The lowest BCUT2D eigenvalue weighted by Crippen LogP contribution is -2.36. The number of morpholine rings is 1.